The molecule has 2 aromatic rings. The number of nitrogens with two attached hydrogens (primary N) is 1. The van der Waals surface area contributed by atoms with Crippen molar-refractivity contribution in [2.24, 2.45) is 5.73 Å². The van der Waals surface area contributed by atoms with Crippen LogP contribution in [0.3, 0.4) is 0 Å². The maximum atomic E-state index is 6.03. The van der Waals surface area contributed by atoms with Gasteiger partial charge in [-0.05, 0) is 40.5 Å². The molecule has 0 saturated carbocycles. The summed E-state index contributed by atoms with van der Waals surface area (Å²) >= 11 is 9.37. The van der Waals surface area contributed by atoms with Gasteiger partial charge in [0.15, 0.2) is 0 Å². The Morgan fingerprint density at radius 1 is 1.53 bits per heavy atom. The molecule has 0 amide bonds. The summed E-state index contributed by atoms with van der Waals surface area (Å²) in [5, 5.41) is 8.73. The number of hydrogen-bond acceptors (Lipinski definition) is 3. The zero-order chi connectivity index (χ0) is 12.4. The Labute approximate surface area is 113 Å². The quantitative estimate of drug-likeness (QED) is 0.947. The van der Waals surface area contributed by atoms with Crippen molar-refractivity contribution in [3.05, 3.63) is 39.6 Å². The first kappa shape index (κ1) is 12.5. The molecule has 1 aromatic heterocycles. The van der Waals surface area contributed by atoms with Gasteiger partial charge in [-0.15, -0.1) is 5.10 Å². The van der Waals surface area contributed by atoms with Gasteiger partial charge in [0.2, 0.25) is 0 Å². The lowest BCUT2D eigenvalue weighted by atomic mass is 10.2. The minimum absolute atomic E-state index is 0.0744. The van der Waals surface area contributed by atoms with Gasteiger partial charge in [0.05, 0.1) is 28.6 Å². The third-order valence-corrected chi connectivity index (χ3v) is 3.73. The van der Waals surface area contributed by atoms with Crippen LogP contribution in [0.5, 0.6) is 0 Å². The maximum absolute atomic E-state index is 6.03. The molecule has 17 heavy (non-hydrogen) atoms. The Morgan fingerprint density at radius 2 is 2.29 bits per heavy atom. The lowest BCUT2D eigenvalue weighted by molar-refractivity contribution is 0.670. The molecule has 0 spiro atoms. The van der Waals surface area contributed by atoms with Crippen LogP contribution >= 0.6 is 27.5 Å². The number of nitrogens with zero attached hydrogens (tertiary/aromatic N) is 3. The Morgan fingerprint density at radius 3 is 2.94 bits per heavy atom. The molecule has 2 rings (SSSR count). The lowest BCUT2D eigenvalue weighted by Gasteiger charge is -2.03. The number of aromatic nitrogens is 3. The molecule has 2 N–H and O–H groups in total. The van der Waals surface area contributed by atoms with E-state index in [0.717, 1.165) is 22.3 Å². The van der Waals surface area contributed by atoms with E-state index in [4.69, 9.17) is 17.3 Å². The highest BCUT2D eigenvalue weighted by Gasteiger charge is 2.09. The number of hydrogen-bond donors (Lipinski definition) is 1. The van der Waals surface area contributed by atoms with Gasteiger partial charge in [0.1, 0.15) is 0 Å². The summed E-state index contributed by atoms with van der Waals surface area (Å²) in [6.07, 6.45) is 2.66. The highest BCUT2D eigenvalue weighted by molar-refractivity contribution is 9.10. The van der Waals surface area contributed by atoms with Crippen LogP contribution in [0.2, 0.25) is 5.02 Å². The molecule has 90 valence electrons. The average Bonchev–Trinajstić information content (AvgIpc) is 2.81. The SMILES string of the molecule is CCC(N)c1cn(-c2ccc(Br)c(Cl)c2)nn1. The molecule has 0 bridgehead atoms. The third-order valence-electron chi connectivity index (χ3n) is 2.50. The zero-order valence-electron chi connectivity index (χ0n) is 9.27. The van der Waals surface area contributed by atoms with Crippen molar-refractivity contribution in [1.29, 1.82) is 0 Å². The summed E-state index contributed by atoms with van der Waals surface area (Å²) in [6, 6.07) is 5.53. The van der Waals surface area contributed by atoms with E-state index in [1.165, 1.54) is 0 Å². The first-order valence-electron chi connectivity index (χ1n) is 5.25. The van der Waals surface area contributed by atoms with E-state index in [-0.39, 0.29) is 6.04 Å². The minimum atomic E-state index is -0.0744. The van der Waals surface area contributed by atoms with Crippen LogP contribution in [0.15, 0.2) is 28.9 Å². The molecule has 1 unspecified atom stereocenters. The molecule has 6 heteroatoms. The standard InChI is InChI=1S/C11H12BrClN4/c1-2-10(14)11-6-17(16-15-11)7-3-4-8(12)9(13)5-7/h3-6,10H,2,14H2,1H3. The van der Waals surface area contributed by atoms with Gasteiger partial charge >= 0.3 is 0 Å². The van der Waals surface area contributed by atoms with E-state index in [9.17, 15) is 0 Å². The van der Waals surface area contributed by atoms with Crippen LogP contribution in [0, 0.1) is 0 Å². The fourth-order valence-electron chi connectivity index (χ4n) is 1.41. The van der Waals surface area contributed by atoms with E-state index in [1.807, 2.05) is 31.3 Å². The molecule has 1 heterocycles. The minimum Gasteiger partial charge on any atom is -0.323 e. The topological polar surface area (TPSA) is 56.7 Å². The number of benzene rings is 1. The normalized spacial score (nSPS) is 12.7. The van der Waals surface area contributed by atoms with Gasteiger partial charge < -0.3 is 5.73 Å². The van der Waals surface area contributed by atoms with E-state index >= 15 is 0 Å². The molecule has 0 radical (unpaired) electrons. The summed E-state index contributed by atoms with van der Waals surface area (Å²) in [4.78, 5) is 0. The molecular formula is C11H12BrClN4. The van der Waals surface area contributed by atoms with Gasteiger partial charge in [0, 0.05) is 4.47 Å². The lowest BCUT2D eigenvalue weighted by Crippen LogP contribution is -2.08. The van der Waals surface area contributed by atoms with Crippen molar-refractivity contribution in [3.8, 4) is 5.69 Å². The van der Waals surface area contributed by atoms with Gasteiger partial charge in [-0.3, -0.25) is 0 Å². The van der Waals surface area contributed by atoms with Crippen molar-refractivity contribution in [2.75, 3.05) is 0 Å². The summed E-state index contributed by atoms with van der Waals surface area (Å²) in [6.45, 7) is 2.01. The van der Waals surface area contributed by atoms with Gasteiger partial charge in [-0.2, -0.15) is 0 Å². The molecule has 4 nitrogen and oxygen atoms in total. The Hall–Kier alpha value is -0.910. The molecular weight excluding hydrogens is 304 g/mol. The Kier molecular flexibility index (Phi) is 3.81. The average molecular weight is 316 g/mol. The predicted molar refractivity (Wildman–Crippen MR) is 71.3 cm³/mol. The van der Waals surface area contributed by atoms with Crippen LogP contribution in [0.4, 0.5) is 0 Å². The Bertz CT molecular complexity index is 526. The summed E-state index contributed by atoms with van der Waals surface area (Å²) in [5.41, 5.74) is 7.54. The van der Waals surface area contributed by atoms with Crippen LogP contribution in [0.1, 0.15) is 25.1 Å². The second-order valence-corrected chi connectivity index (χ2v) is 4.96. The first-order valence-corrected chi connectivity index (χ1v) is 6.42. The highest BCUT2D eigenvalue weighted by atomic mass is 79.9. The van der Waals surface area contributed by atoms with Crippen LogP contribution < -0.4 is 5.73 Å². The molecule has 1 atom stereocenters. The van der Waals surface area contributed by atoms with Gasteiger partial charge in [-0.1, -0.05) is 23.7 Å². The fourth-order valence-corrected chi connectivity index (χ4v) is 1.83. The number of halogens is 2. The largest absolute Gasteiger partial charge is 0.323 e. The van der Waals surface area contributed by atoms with E-state index in [0.29, 0.717) is 5.02 Å². The summed E-state index contributed by atoms with van der Waals surface area (Å²) in [7, 11) is 0. The van der Waals surface area contributed by atoms with Gasteiger partial charge in [0.25, 0.3) is 0 Å². The predicted octanol–water partition coefficient (Wildman–Crippen LogP) is 3.09. The van der Waals surface area contributed by atoms with Crippen molar-refractivity contribution >= 4 is 27.5 Å². The van der Waals surface area contributed by atoms with E-state index < -0.39 is 0 Å². The molecule has 0 aliphatic heterocycles. The third kappa shape index (κ3) is 2.68. The van der Waals surface area contributed by atoms with Crippen LogP contribution in [-0.4, -0.2) is 15.0 Å². The second kappa shape index (κ2) is 5.16. The van der Waals surface area contributed by atoms with E-state index in [2.05, 4.69) is 26.2 Å². The van der Waals surface area contributed by atoms with Crippen molar-refractivity contribution < 1.29 is 0 Å². The molecule has 0 aliphatic carbocycles. The van der Waals surface area contributed by atoms with E-state index in [1.54, 1.807) is 4.68 Å². The monoisotopic (exact) mass is 314 g/mol. The zero-order valence-corrected chi connectivity index (χ0v) is 11.6. The molecule has 1 aromatic carbocycles. The highest BCUT2D eigenvalue weighted by Crippen LogP contribution is 2.24. The smallest absolute Gasteiger partial charge is 0.0998 e. The molecule has 0 aliphatic rings. The fraction of sp³-hybridized carbons (Fsp3) is 0.273. The summed E-state index contributed by atoms with van der Waals surface area (Å²) < 4.78 is 2.52. The van der Waals surface area contributed by atoms with Gasteiger partial charge in [-0.25, -0.2) is 4.68 Å². The van der Waals surface area contributed by atoms with Crippen LogP contribution in [-0.2, 0) is 0 Å². The summed E-state index contributed by atoms with van der Waals surface area (Å²) in [5.74, 6) is 0. The second-order valence-electron chi connectivity index (χ2n) is 3.70. The number of rotatable bonds is 3. The first-order chi connectivity index (χ1) is 8.11. The van der Waals surface area contributed by atoms with Crippen molar-refractivity contribution in [3.63, 3.8) is 0 Å². The molecule has 0 fully saturated rings. The molecule has 0 saturated heterocycles. The maximum Gasteiger partial charge on any atom is 0.0998 e. The van der Waals surface area contributed by atoms with Crippen LogP contribution in [0.25, 0.3) is 5.69 Å². The van der Waals surface area contributed by atoms with Crippen molar-refractivity contribution in [2.45, 2.75) is 19.4 Å². The van der Waals surface area contributed by atoms with Crippen molar-refractivity contribution in [1.82, 2.24) is 15.0 Å². The Balaban J connectivity index is 2.33.